The average molecular weight is 363 g/mol. The predicted molar refractivity (Wildman–Crippen MR) is 103 cm³/mol. The van der Waals surface area contributed by atoms with Crippen molar-refractivity contribution in [3.05, 3.63) is 11.8 Å². The van der Waals surface area contributed by atoms with E-state index in [2.05, 4.69) is 49.3 Å². The van der Waals surface area contributed by atoms with Crippen molar-refractivity contribution in [3.8, 4) is 6.07 Å². The summed E-state index contributed by atoms with van der Waals surface area (Å²) in [6.07, 6.45) is 3.51. The van der Waals surface area contributed by atoms with E-state index >= 15 is 0 Å². The van der Waals surface area contributed by atoms with E-state index in [0.29, 0.717) is 19.6 Å². The number of nitriles is 1. The summed E-state index contributed by atoms with van der Waals surface area (Å²) in [7, 11) is 0. The standard InChI is InChI=1S/C19H34N6O/c1-18(2)11-16(12-19(3,4)23-18)22-14-15(13-21)17(26)25-9-7-24(6-5-20)8-10-25/h14,16,22-23H,5-12,20H2,1-4H3/b15-14-. The Kier molecular flexibility index (Phi) is 6.67. The molecule has 7 nitrogen and oxygen atoms in total. The van der Waals surface area contributed by atoms with Gasteiger partial charge >= 0.3 is 0 Å². The number of hydrogen-bond acceptors (Lipinski definition) is 6. The smallest absolute Gasteiger partial charge is 0.266 e. The topological polar surface area (TPSA) is 97.4 Å². The van der Waals surface area contributed by atoms with Crippen LogP contribution in [0.5, 0.6) is 0 Å². The van der Waals surface area contributed by atoms with Gasteiger partial charge in [0.05, 0.1) is 0 Å². The summed E-state index contributed by atoms with van der Waals surface area (Å²) in [6.45, 7) is 13.1. The maximum absolute atomic E-state index is 12.7. The van der Waals surface area contributed by atoms with Crippen LogP contribution in [-0.4, -0.2) is 72.1 Å². The maximum Gasteiger partial charge on any atom is 0.266 e. The summed E-state index contributed by atoms with van der Waals surface area (Å²) in [4.78, 5) is 16.7. The molecule has 2 fully saturated rings. The van der Waals surface area contributed by atoms with Gasteiger partial charge in [0.15, 0.2) is 0 Å². The van der Waals surface area contributed by atoms with Crippen molar-refractivity contribution in [2.24, 2.45) is 5.73 Å². The molecule has 0 saturated carbocycles. The van der Waals surface area contributed by atoms with E-state index in [1.165, 1.54) is 0 Å². The molecule has 26 heavy (non-hydrogen) atoms. The first-order valence-electron chi connectivity index (χ1n) is 9.53. The third-order valence-corrected chi connectivity index (χ3v) is 5.11. The summed E-state index contributed by atoms with van der Waals surface area (Å²) in [5, 5.41) is 16.4. The van der Waals surface area contributed by atoms with E-state index in [4.69, 9.17) is 5.73 Å². The van der Waals surface area contributed by atoms with Gasteiger partial charge in [-0.1, -0.05) is 0 Å². The average Bonchev–Trinajstić information content (AvgIpc) is 2.53. The lowest BCUT2D eigenvalue weighted by Gasteiger charge is -2.46. The van der Waals surface area contributed by atoms with Crippen molar-refractivity contribution in [2.45, 2.75) is 57.7 Å². The van der Waals surface area contributed by atoms with Crippen molar-refractivity contribution in [3.63, 3.8) is 0 Å². The summed E-state index contributed by atoms with van der Waals surface area (Å²) in [6, 6.07) is 2.31. The lowest BCUT2D eigenvalue weighted by molar-refractivity contribution is -0.128. The fraction of sp³-hybridized carbons (Fsp3) is 0.789. The van der Waals surface area contributed by atoms with E-state index in [-0.39, 0.29) is 28.6 Å². The molecule has 0 aromatic heterocycles. The molecule has 2 rings (SSSR count). The van der Waals surface area contributed by atoms with Crippen LogP contribution in [0, 0.1) is 11.3 Å². The van der Waals surface area contributed by atoms with Gasteiger partial charge in [-0.15, -0.1) is 0 Å². The summed E-state index contributed by atoms with van der Waals surface area (Å²) in [5.41, 5.74) is 5.81. The Balaban J connectivity index is 1.95. The molecule has 0 bridgehead atoms. The molecule has 146 valence electrons. The highest BCUT2D eigenvalue weighted by Crippen LogP contribution is 2.28. The Labute approximate surface area is 157 Å². The number of nitrogens with zero attached hydrogens (tertiary/aromatic N) is 3. The molecule has 0 aromatic rings. The van der Waals surface area contributed by atoms with Gasteiger partial charge in [-0.05, 0) is 40.5 Å². The van der Waals surface area contributed by atoms with E-state index in [9.17, 15) is 10.1 Å². The quantitative estimate of drug-likeness (QED) is 0.484. The number of hydrogen-bond donors (Lipinski definition) is 3. The highest BCUT2D eigenvalue weighted by atomic mass is 16.2. The van der Waals surface area contributed by atoms with Crippen LogP contribution in [0.4, 0.5) is 0 Å². The molecule has 2 saturated heterocycles. The molecule has 0 aromatic carbocycles. The first kappa shape index (κ1) is 20.7. The normalized spacial score (nSPS) is 24.2. The predicted octanol–water partition coefficient (Wildman–Crippen LogP) is 0.396. The van der Waals surface area contributed by atoms with E-state index in [1.54, 1.807) is 11.1 Å². The van der Waals surface area contributed by atoms with Crippen molar-refractivity contribution in [1.82, 2.24) is 20.4 Å². The maximum atomic E-state index is 12.7. The molecule has 0 radical (unpaired) electrons. The Hall–Kier alpha value is -1.62. The lowest BCUT2D eigenvalue weighted by atomic mass is 9.79. The number of nitrogens with two attached hydrogens (primary N) is 1. The molecule has 0 spiro atoms. The number of piperidine rings is 1. The van der Waals surface area contributed by atoms with Crippen molar-refractivity contribution >= 4 is 5.91 Å². The fourth-order valence-electron chi connectivity index (χ4n) is 4.31. The van der Waals surface area contributed by atoms with Crippen LogP contribution in [0.1, 0.15) is 40.5 Å². The Morgan fingerprint density at radius 1 is 1.23 bits per heavy atom. The Morgan fingerprint density at radius 3 is 2.31 bits per heavy atom. The zero-order valence-corrected chi connectivity index (χ0v) is 16.6. The second-order valence-corrected chi connectivity index (χ2v) is 8.76. The van der Waals surface area contributed by atoms with Crippen LogP contribution in [-0.2, 0) is 4.79 Å². The van der Waals surface area contributed by atoms with Gasteiger partial charge in [-0.2, -0.15) is 5.26 Å². The van der Waals surface area contributed by atoms with Gasteiger partial charge in [0.2, 0.25) is 0 Å². The van der Waals surface area contributed by atoms with Gasteiger partial charge in [0.25, 0.3) is 5.91 Å². The summed E-state index contributed by atoms with van der Waals surface area (Å²) >= 11 is 0. The molecule has 0 atom stereocenters. The minimum Gasteiger partial charge on any atom is -0.387 e. The van der Waals surface area contributed by atoms with Gasteiger partial charge in [0.1, 0.15) is 11.6 Å². The van der Waals surface area contributed by atoms with E-state index < -0.39 is 0 Å². The highest BCUT2D eigenvalue weighted by Gasteiger charge is 2.37. The monoisotopic (exact) mass is 362 g/mol. The fourth-order valence-corrected chi connectivity index (χ4v) is 4.31. The molecule has 4 N–H and O–H groups in total. The molecular formula is C19H34N6O. The molecule has 0 unspecified atom stereocenters. The molecule has 2 aliphatic heterocycles. The Morgan fingerprint density at radius 2 is 1.81 bits per heavy atom. The molecular weight excluding hydrogens is 328 g/mol. The Bertz CT molecular complexity index is 553. The lowest BCUT2D eigenvalue weighted by Crippen LogP contribution is -2.61. The van der Waals surface area contributed by atoms with Gasteiger partial charge in [-0.25, -0.2) is 0 Å². The number of nitrogens with one attached hydrogen (secondary N) is 2. The molecule has 2 aliphatic rings. The number of carbonyl (C=O) groups is 1. The SMILES string of the molecule is CC1(C)CC(N/C=C(/C#N)C(=O)N2CCN(CCN)CC2)CC(C)(C)N1. The molecule has 7 heteroatoms. The molecule has 0 aliphatic carbocycles. The van der Waals surface area contributed by atoms with Crippen LogP contribution < -0.4 is 16.4 Å². The number of carbonyl (C=O) groups excluding carboxylic acids is 1. The first-order valence-corrected chi connectivity index (χ1v) is 9.53. The van der Waals surface area contributed by atoms with Crippen molar-refractivity contribution in [1.29, 1.82) is 5.26 Å². The molecule has 1 amide bonds. The van der Waals surface area contributed by atoms with Gasteiger partial charge in [-0.3, -0.25) is 9.69 Å². The second kappa shape index (κ2) is 8.38. The van der Waals surface area contributed by atoms with E-state index in [0.717, 1.165) is 32.5 Å². The van der Waals surface area contributed by atoms with Crippen molar-refractivity contribution < 1.29 is 4.79 Å². The largest absolute Gasteiger partial charge is 0.387 e. The van der Waals surface area contributed by atoms with Crippen LogP contribution in [0.25, 0.3) is 0 Å². The van der Waals surface area contributed by atoms with Crippen LogP contribution in [0.3, 0.4) is 0 Å². The first-order chi connectivity index (χ1) is 12.2. The third kappa shape index (κ3) is 5.70. The second-order valence-electron chi connectivity index (χ2n) is 8.76. The summed E-state index contributed by atoms with van der Waals surface area (Å²) < 4.78 is 0. The zero-order chi connectivity index (χ0) is 19.4. The minimum absolute atomic E-state index is 0.0173. The van der Waals surface area contributed by atoms with Crippen LogP contribution >= 0.6 is 0 Å². The number of rotatable bonds is 5. The van der Waals surface area contributed by atoms with Crippen LogP contribution in [0.15, 0.2) is 11.8 Å². The van der Waals surface area contributed by atoms with E-state index in [1.807, 2.05) is 0 Å². The molecule has 2 heterocycles. The van der Waals surface area contributed by atoms with Crippen LogP contribution in [0.2, 0.25) is 0 Å². The number of piperazine rings is 1. The highest BCUT2D eigenvalue weighted by molar-refractivity contribution is 5.97. The zero-order valence-electron chi connectivity index (χ0n) is 16.6. The van der Waals surface area contributed by atoms with Gasteiger partial charge < -0.3 is 21.3 Å². The summed E-state index contributed by atoms with van der Waals surface area (Å²) in [5.74, 6) is -0.181. The minimum atomic E-state index is -0.181. The van der Waals surface area contributed by atoms with Crippen molar-refractivity contribution in [2.75, 3.05) is 39.3 Å². The number of amides is 1. The third-order valence-electron chi connectivity index (χ3n) is 5.11. The van der Waals surface area contributed by atoms with Gasteiger partial charge in [0, 0.05) is 62.6 Å².